The lowest BCUT2D eigenvalue weighted by Gasteiger charge is -2.01. The molecule has 0 saturated carbocycles. The maximum atomic E-state index is 11.5. The van der Waals surface area contributed by atoms with E-state index in [-0.39, 0.29) is 5.69 Å². The molecule has 88 valence electrons. The van der Waals surface area contributed by atoms with E-state index in [1.807, 2.05) is 0 Å². The first-order chi connectivity index (χ1) is 8.11. The van der Waals surface area contributed by atoms with Gasteiger partial charge in [-0.05, 0) is 25.1 Å². The Kier molecular flexibility index (Phi) is 2.82. The number of esters is 1. The van der Waals surface area contributed by atoms with E-state index >= 15 is 0 Å². The fourth-order valence-electron chi connectivity index (χ4n) is 1.58. The number of benzene rings is 1. The molecule has 0 radical (unpaired) electrons. The van der Waals surface area contributed by atoms with Gasteiger partial charge >= 0.3 is 11.9 Å². The number of hydrogen-bond acceptors (Lipinski definition) is 3. The Morgan fingerprint density at radius 1 is 1.35 bits per heavy atom. The average molecular weight is 233 g/mol. The number of carboxylic acid groups (broad SMARTS) is 1. The van der Waals surface area contributed by atoms with Crippen molar-refractivity contribution in [3.8, 4) is 0 Å². The number of aromatic amines is 1. The van der Waals surface area contributed by atoms with Crippen LogP contribution in [0, 0.1) is 0 Å². The van der Waals surface area contributed by atoms with Crippen LogP contribution >= 0.6 is 0 Å². The highest BCUT2D eigenvalue weighted by Gasteiger charge is 2.11. The second kappa shape index (κ2) is 4.29. The highest BCUT2D eigenvalue weighted by molar-refractivity contribution is 5.98. The summed E-state index contributed by atoms with van der Waals surface area (Å²) >= 11 is 0. The molecule has 0 spiro atoms. The Morgan fingerprint density at radius 3 is 2.76 bits per heavy atom. The lowest BCUT2D eigenvalue weighted by Crippen LogP contribution is -2.04. The molecule has 17 heavy (non-hydrogen) atoms. The molecule has 0 aliphatic carbocycles. The van der Waals surface area contributed by atoms with Gasteiger partial charge in [-0.1, -0.05) is 6.07 Å². The lowest BCUT2D eigenvalue weighted by molar-refractivity contribution is 0.0526. The third kappa shape index (κ3) is 2.13. The topological polar surface area (TPSA) is 79.4 Å². The summed E-state index contributed by atoms with van der Waals surface area (Å²) in [6.07, 6.45) is 0. The number of ether oxygens (including phenoxy) is 1. The van der Waals surface area contributed by atoms with E-state index in [0.29, 0.717) is 17.7 Å². The standard InChI is InChI=1S/C12H11NO4/c1-2-17-12(16)8-4-3-7-5-10(11(14)15)13-9(7)6-8/h3-6,13H,2H2,1H3,(H,14,15). The number of carbonyl (C=O) groups excluding carboxylic acids is 1. The molecule has 1 aromatic heterocycles. The monoisotopic (exact) mass is 233 g/mol. The molecule has 5 heteroatoms. The number of hydrogen-bond donors (Lipinski definition) is 2. The lowest BCUT2D eigenvalue weighted by atomic mass is 10.1. The Morgan fingerprint density at radius 2 is 2.12 bits per heavy atom. The normalized spacial score (nSPS) is 10.4. The minimum Gasteiger partial charge on any atom is -0.477 e. The fourth-order valence-corrected chi connectivity index (χ4v) is 1.58. The van der Waals surface area contributed by atoms with E-state index in [9.17, 15) is 9.59 Å². The summed E-state index contributed by atoms with van der Waals surface area (Å²) in [5, 5.41) is 9.57. The summed E-state index contributed by atoms with van der Waals surface area (Å²) in [7, 11) is 0. The molecular weight excluding hydrogens is 222 g/mol. The summed E-state index contributed by atoms with van der Waals surface area (Å²) in [5.41, 5.74) is 1.10. The maximum absolute atomic E-state index is 11.5. The Bertz CT molecular complexity index is 585. The van der Waals surface area contributed by atoms with Gasteiger partial charge in [0, 0.05) is 10.9 Å². The van der Waals surface area contributed by atoms with Gasteiger partial charge in [0.1, 0.15) is 5.69 Å². The van der Waals surface area contributed by atoms with Crippen LogP contribution in [-0.4, -0.2) is 28.6 Å². The first-order valence-electron chi connectivity index (χ1n) is 5.15. The molecule has 2 aromatic rings. The number of H-pyrrole nitrogens is 1. The Balaban J connectivity index is 2.43. The highest BCUT2D eigenvalue weighted by atomic mass is 16.5. The average Bonchev–Trinajstić information content (AvgIpc) is 2.71. The van der Waals surface area contributed by atoms with E-state index < -0.39 is 11.9 Å². The Labute approximate surface area is 97.0 Å². The molecule has 0 atom stereocenters. The van der Waals surface area contributed by atoms with Crippen molar-refractivity contribution in [1.29, 1.82) is 0 Å². The number of aromatic carboxylic acids is 1. The number of aromatic nitrogens is 1. The molecule has 0 saturated heterocycles. The van der Waals surface area contributed by atoms with Gasteiger partial charge in [0.2, 0.25) is 0 Å². The van der Waals surface area contributed by atoms with Gasteiger partial charge in [-0.2, -0.15) is 0 Å². The largest absolute Gasteiger partial charge is 0.477 e. The summed E-state index contributed by atoms with van der Waals surface area (Å²) < 4.78 is 4.86. The van der Waals surface area contributed by atoms with E-state index in [1.54, 1.807) is 25.1 Å². The summed E-state index contributed by atoms with van der Waals surface area (Å²) in [6, 6.07) is 6.40. The molecule has 0 unspecified atom stereocenters. The highest BCUT2D eigenvalue weighted by Crippen LogP contribution is 2.17. The molecule has 0 bridgehead atoms. The van der Waals surface area contributed by atoms with E-state index in [1.165, 1.54) is 6.07 Å². The predicted octanol–water partition coefficient (Wildman–Crippen LogP) is 2.04. The molecule has 5 nitrogen and oxygen atoms in total. The number of carbonyl (C=O) groups is 2. The number of rotatable bonds is 3. The zero-order valence-electron chi connectivity index (χ0n) is 9.19. The summed E-state index contributed by atoms with van der Waals surface area (Å²) in [6.45, 7) is 2.04. The summed E-state index contributed by atoms with van der Waals surface area (Å²) in [4.78, 5) is 25.0. The predicted molar refractivity (Wildman–Crippen MR) is 61.2 cm³/mol. The second-order valence-corrected chi connectivity index (χ2v) is 3.51. The van der Waals surface area contributed by atoms with Crippen LogP contribution in [0.3, 0.4) is 0 Å². The molecular formula is C12H11NO4. The summed E-state index contributed by atoms with van der Waals surface area (Å²) in [5.74, 6) is -1.44. The molecule has 0 aliphatic heterocycles. The van der Waals surface area contributed by atoms with Crippen molar-refractivity contribution in [3.05, 3.63) is 35.5 Å². The zero-order chi connectivity index (χ0) is 12.4. The molecule has 1 heterocycles. The van der Waals surface area contributed by atoms with Crippen molar-refractivity contribution < 1.29 is 19.4 Å². The van der Waals surface area contributed by atoms with Crippen molar-refractivity contribution in [2.45, 2.75) is 6.92 Å². The van der Waals surface area contributed by atoms with Gasteiger partial charge in [0.05, 0.1) is 12.2 Å². The van der Waals surface area contributed by atoms with Crippen LogP contribution in [0.2, 0.25) is 0 Å². The smallest absolute Gasteiger partial charge is 0.352 e. The Hall–Kier alpha value is -2.30. The van der Waals surface area contributed by atoms with Gasteiger partial charge in [-0.25, -0.2) is 9.59 Å². The van der Waals surface area contributed by atoms with Crippen LogP contribution in [0.4, 0.5) is 0 Å². The van der Waals surface area contributed by atoms with E-state index in [0.717, 1.165) is 5.39 Å². The van der Waals surface area contributed by atoms with Gasteiger partial charge in [-0.3, -0.25) is 0 Å². The minimum absolute atomic E-state index is 0.0982. The van der Waals surface area contributed by atoms with Crippen LogP contribution in [0.15, 0.2) is 24.3 Å². The third-order valence-corrected chi connectivity index (χ3v) is 2.36. The molecule has 2 rings (SSSR count). The zero-order valence-corrected chi connectivity index (χ0v) is 9.19. The van der Waals surface area contributed by atoms with Gasteiger partial charge in [0.25, 0.3) is 0 Å². The number of carboxylic acids is 1. The molecule has 0 aliphatic rings. The van der Waals surface area contributed by atoms with Crippen LogP contribution in [0.5, 0.6) is 0 Å². The van der Waals surface area contributed by atoms with Gasteiger partial charge < -0.3 is 14.8 Å². The third-order valence-electron chi connectivity index (χ3n) is 2.36. The van der Waals surface area contributed by atoms with Crippen LogP contribution in [0.1, 0.15) is 27.8 Å². The van der Waals surface area contributed by atoms with Crippen molar-refractivity contribution in [3.63, 3.8) is 0 Å². The van der Waals surface area contributed by atoms with Gasteiger partial charge in [0.15, 0.2) is 0 Å². The van der Waals surface area contributed by atoms with Crippen molar-refractivity contribution in [2.24, 2.45) is 0 Å². The quantitative estimate of drug-likeness (QED) is 0.795. The first-order valence-corrected chi connectivity index (χ1v) is 5.15. The fraction of sp³-hybridized carbons (Fsp3) is 0.167. The molecule has 2 N–H and O–H groups in total. The van der Waals surface area contributed by atoms with E-state index in [4.69, 9.17) is 9.84 Å². The number of fused-ring (bicyclic) bond motifs is 1. The first kappa shape index (κ1) is 11.2. The number of nitrogens with one attached hydrogen (secondary N) is 1. The minimum atomic E-state index is -1.03. The maximum Gasteiger partial charge on any atom is 0.352 e. The van der Waals surface area contributed by atoms with Gasteiger partial charge in [-0.15, -0.1) is 0 Å². The van der Waals surface area contributed by atoms with Crippen molar-refractivity contribution in [2.75, 3.05) is 6.61 Å². The van der Waals surface area contributed by atoms with Crippen molar-refractivity contribution >= 4 is 22.8 Å². The van der Waals surface area contributed by atoms with Crippen LogP contribution < -0.4 is 0 Å². The SMILES string of the molecule is CCOC(=O)c1ccc2cc(C(=O)O)[nH]c2c1. The van der Waals surface area contributed by atoms with Crippen LogP contribution in [0.25, 0.3) is 10.9 Å². The van der Waals surface area contributed by atoms with Crippen LogP contribution in [-0.2, 0) is 4.74 Å². The van der Waals surface area contributed by atoms with Crippen molar-refractivity contribution in [1.82, 2.24) is 4.98 Å². The van der Waals surface area contributed by atoms with E-state index in [2.05, 4.69) is 4.98 Å². The molecule has 0 fully saturated rings. The molecule has 0 amide bonds. The molecule has 1 aromatic carbocycles. The second-order valence-electron chi connectivity index (χ2n) is 3.51.